The van der Waals surface area contributed by atoms with Crippen LogP contribution in [-0.4, -0.2) is 35.9 Å². The summed E-state index contributed by atoms with van der Waals surface area (Å²) in [6.45, 7) is 0.267. The molecule has 1 aromatic heterocycles. The molecule has 0 aromatic carbocycles. The molecule has 7 nitrogen and oxygen atoms in total. The number of hydrogen-bond acceptors (Lipinski definition) is 5. The Kier molecular flexibility index (Phi) is 4.62. The molecule has 0 aliphatic carbocycles. The summed E-state index contributed by atoms with van der Waals surface area (Å²) in [5.74, 6) is 0.0216. The van der Waals surface area contributed by atoms with Crippen LogP contribution in [0.2, 0.25) is 0 Å². The van der Waals surface area contributed by atoms with E-state index in [1.165, 1.54) is 19.2 Å². The van der Waals surface area contributed by atoms with Gasteiger partial charge in [0.2, 0.25) is 5.91 Å². The van der Waals surface area contributed by atoms with E-state index in [-0.39, 0.29) is 36.4 Å². The molecule has 1 aromatic rings. The Bertz CT molecular complexity index is 379. The second kappa shape index (κ2) is 5.99. The number of aromatic nitrogens is 2. The van der Waals surface area contributed by atoms with Gasteiger partial charge in [0.1, 0.15) is 0 Å². The van der Waals surface area contributed by atoms with Crippen molar-refractivity contribution in [3.8, 4) is 0 Å². The first-order valence-electron chi connectivity index (χ1n) is 4.74. The number of carbonyl (C=O) groups excluding carboxylic acids is 1. The van der Waals surface area contributed by atoms with Gasteiger partial charge in [-0.3, -0.25) is 9.59 Å². The molecule has 0 fully saturated rings. The normalized spacial score (nSPS) is 12.1. The minimum absolute atomic E-state index is 0.147. The van der Waals surface area contributed by atoms with E-state index in [0.717, 1.165) is 0 Å². The zero-order valence-electron chi connectivity index (χ0n) is 8.90. The van der Waals surface area contributed by atoms with Crippen LogP contribution in [0.1, 0.15) is 6.42 Å². The van der Waals surface area contributed by atoms with Gasteiger partial charge in [-0.2, -0.15) is 5.10 Å². The molecule has 1 heterocycles. The van der Waals surface area contributed by atoms with Crippen molar-refractivity contribution in [2.75, 3.05) is 19.0 Å². The summed E-state index contributed by atoms with van der Waals surface area (Å²) in [7, 11) is 1.49. The van der Waals surface area contributed by atoms with Crippen LogP contribution >= 0.6 is 0 Å². The molecule has 0 saturated heterocycles. The maximum Gasteiger partial charge on any atom is 0.264 e. The van der Waals surface area contributed by atoms with Crippen molar-refractivity contribution >= 4 is 11.7 Å². The molecule has 0 aliphatic rings. The average molecular weight is 226 g/mol. The van der Waals surface area contributed by atoms with Crippen LogP contribution < -0.4 is 16.6 Å². The van der Waals surface area contributed by atoms with Crippen molar-refractivity contribution in [1.82, 2.24) is 10.2 Å². The monoisotopic (exact) mass is 226 g/mol. The molecule has 0 bridgehead atoms. The number of H-pyrrole nitrogens is 1. The Hall–Kier alpha value is -1.73. The van der Waals surface area contributed by atoms with E-state index in [4.69, 9.17) is 10.5 Å². The SMILES string of the molecule is COC(CN)CC(=O)Nc1ccc(=O)[nH]n1. The minimum atomic E-state index is -0.324. The van der Waals surface area contributed by atoms with Gasteiger partial charge >= 0.3 is 0 Å². The van der Waals surface area contributed by atoms with Crippen molar-refractivity contribution < 1.29 is 9.53 Å². The predicted molar refractivity (Wildman–Crippen MR) is 58.0 cm³/mol. The number of amides is 1. The van der Waals surface area contributed by atoms with E-state index in [2.05, 4.69) is 15.5 Å². The number of carbonyl (C=O) groups is 1. The van der Waals surface area contributed by atoms with E-state index in [9.17, 15) is 9.59 Å². The van der Waals surface area contributed by atoms with Crippen molar-refractivity contribution in [3.05, 3.63) is 22.5 Å². The third-order valence-corrected chi connectivity index (χ3v) is 1.96. The third kappa shape index (κ3) is 3.79. The fraction of sp³-hybridized carbons (Fsp3) is 0.444. The van der Waals surface area contributed by atoms with E-state index in [1.807, 2.05) is 0 Å². The largest absolute Gasteiger partial charge is 0.380 e. The topological polar surface area (TPSA) is 110 Å². The Labute approximate surface area is 92.0 Å². The summed E-state index contributed by atoms with van der Waals surface area (Å²) >= 11 is 0. The van der Waals surface area contributed by atoms with Crippen molar-refractivity contribution in [1.29, 1.82) is 0 Å². The molecule has 0 radical (unpaired) electrons. The van der Waals surface area contributed by atoms with Gasteiger partial charge in [-0.25, -0.2) is 5.10 Å². The maximum atomic E-state index is 11.4. The highest BCUT2D eigenvalue weighted by Crippen LogP contribution is 2.00. The molecule has 1 atom stereocenters. The fourth-order valence-corrected chi connectivity index (χ4v) is 1.08. The number of ether oxygens (including phenoxy) is 1. The molecule has 1 amide bonds. The molecule has 7 heteroatoms. The molecule has 1 unspecified atom stereocenters. The smallest absolute Gasteiger partial charge is 0.264 e. The number of nitrogens with zero attached hydrogens (tertiary/aromatic N) is 1. The molecular formula is C9H14N4O3. The number of methoxy groups -OCH3 is 1. The molecule has 16 heavy (non-hydrogen) atoms. The lowest BCUT2D eigenvalue weighted by molar-refractivity contribution is -0.118. The Morgan fingerprint density at radius 1 is 1.69 bits per heavy atom. The van der Waals surface area contributed by atoms with Crippen LogP contribution in [-0.2, 0) is 9.53 Å². The van der Waals surface area contributed by atoms with Gasteiger partial charge in [0.05, 0.1) is 12.5 Å². The summed E-state index contributed by atoms with van der Waals surface area (Å²) in [5.41, 5.74) is 5.05. The predicted octanol–water partition coefficient (Wildman–Crippen LogP) is -0.928. The van der Waals surface area contributed by atoms with Gasteiger partial charge in [0.15, 0.2) is 5.82 Å². The van der Waals surface area contributed by atoms with E-state index >= 15 is 0 Å². The van der Waals surface area contributed by atoms with E-state index < -0.39 is 0 Å². The second-order valence-electron chi connectivity index (χ2n) is 3.15. The second-order valence-corrected chi connectivity index (χ2v) is 3.15. The van der Waals surface area contributed by atoms with Crippen LogP contribution in [0, 0.1) is 0 Å². The number of hydrogen-bond donors (Lipinski definition) is 3. The van der Waals surface area contributed by atoms with E-state index in [0.29, 0.717) is 0 Å². The lowest BCUT2D eigenvalue weighted by Crippen LogP contribution is -2.28. The molecule has 0 saturated carbocycles. The first kappa shape index (κ1) is 12.3. The van der Waals surface area contributed by atoms with Gasteiger partial charge in [0, 0.05) is 19.7 Å². The Morgan fingerprint density at radius 2 is 2.44 bits per heavy atom. The Balaban J connectivity index is 2.51. The first-order valence-corrected chi connectivity index (χ1v) is 4.74. The van der Waals surface area contributed by atoms with Gasteiger partial charge in [-0.1, -0.05) is 0 Å². The van der Waals surface area contributed by atoms with Gasteiger partial charge in [-0.15, -0.1) is 0 Å². The van der Waals surface area contributed by atoms with Crippen LogP contribution in [0.15, 0.2) is 16.9 Å². The molecule has 1 rings (SSSR count). The summed E-state index contributed by atoms with van der Waals surface area (Å²) in [5, 5.41) is 8.36. The third-order valence-electron chi connectivity index (χ3n) is 1.96. The summed E-state index contributed by atoms with van der Waals surface area (Å²) < 4.78 is 4.96. The van der Waals surface area contributed by atoms with Gasteiger partial charge < -0.3 is 15.8 Å². The fourth-order valence-electron chi connectivity index (χ4n) is 1.08. The number of anilines is 1. The van der Waals surface area contributed by atoms with Gasteiger partial charge in [-0.05, 0) is 6.07 Å². The lowest BCUT2D eigenvalue weighted by Gasteiger charge is -2.11. The molecule has 4 N–H and O–H groups in total. The number of nitrogens with two attached hydrogens (primary N) is 1. The number of rotatable bonds is 5. The Morgan fingerprint density at radius 3 is 2.94 bits per heavy atom. The zero-order valence-corrected chi connectivity index (χ0v) is 8.90. The summed E-state index contributed by atoms with van der Waals surface area (Å²) in [6, 6.07) is 2.69. The maximum absolute atomic E-state index is 11.4. The van der Waals surface area contributed by atoms with Gasteiger partial charge in [0.25, 0.3) is 5.56 Å². The standard InChI is InChI=1S/C9H14N4O3/c1-16-6(5-10)4-9(15)11-7-2-3-8(14)13-12-7/h2-3,6H,4-5,10H2,1H3,(H,13,14)(H,11,12,15). The first-order chi connectivity index (χ1) is 7.65. The minimum Gasteiger partial charge on any atom is -0.380 e. The number of nitrogens with one attached hydrogen (secondary N) is 2. The van der Waals surface area contributed by atoms with Crippen LogP contribution in [0.25, 0.3) is 0 Å². The number of aromatic amines is 1. The quantitative estimate of drug-likeness (QED) is 0.601. The average Bonchev–Trinajstić information content (AvgIpc) is 2.29. The highest BCUT2D eigenvalue weighted by atomic mass is 16.5. The molecule has 88 valence electrons. The van der Waals surface area contributed by atoms with E-state index in [1.54, 1.807) is 0 Å². The van der Waals surface area contributed by atoms with Crippen LogP contribution in [0.3, 0.4) is 0 Å². The highest BCUT2D eigenvalue weighted by Gasteiger charge is 2.11. The zero-order chi connectivity index (χ0) is 12.0. The van der Waals surface area contributed by atoms with Crippen LogP contribution in [0.4, 0.5) is 5.82 Å². The lowest BCUT2D eigenvalue weighted by atomic mass is 10.2. The van der Waals surface area contributed by atoms with Crippen molar-refractivity contribution in [2.45, 2.75) is 12.5 Å². The molecule has 0 spiro atoms. The van der Waals surface area contributed by atoms with Crippen LogP contribution in [0.5, 0.6) is 0 Å². The van der Waals surface area contributed by atoms with Crippen molar-refractivity contribution in [3.63, 3.8) is 0 Å². The molecule has 0 aliphatic heterocycles. The summed E-state index contributed by atoms with van der Waals surface area (Å²) in [6.07, 6.45) is -0.170. The molecular weight excluding hydrogens is 212 g/mol. The van der Waals surface area contributed by atoms with Crippen molar-refractivity contribution in [2.24, 2.45) is 5.73 Å². The summed E-state index contributed by atoms with van der Waals surface area (Å²) in [4.78, 5) is 22.2. The highest BCUT2D eigenvalue weighted by molar-refractivity contribution is 5.89.